The Bertz CT molecular complexity index is 693. The molecule has 0 saturated carbocycles. The van der Waals surface area contributed by atoms with E-state index in [-0.39, 0.29) is 23.7 Å². The van der Waals surface area contributed by atoms with Gasteiger partial charge in [0.2, 0.25) is 11.8 Å². The van der Waals surface area contributed by atoms with Gasteiger partial charge in [-0.05, 0) is 64.3 Å². The molecule has 3 atom stereocenters. The first-order chi connectivity index (χ1) is 13.8. The van der Waals surface area contributed by atoms with E-state index in [2.05, 4.69) is 33.9 Å². The molecule has 6 nitrogen and oxygen atoms in total. The van der Waals surface area contributed by atoms with Crippen LogP contribution in [-0.2, 0) is 9.59 Å². The van der Waals surface area contributed by atoms with E-state index in [0.717, 1.165) is 39.0 Å². The van der Waals surface area contributed by atoms with Gasteiger partial charge in [0.05, 0.1) is 12.6 Å². The quantitative estimate of drug-likeness (QED) is 0.820. The van der Waals surface area contributed by atoms with Crippen molar-refractivity contribution in [2.24, 2.45) is 0 Å². The number of carbonyl (C=O) groups excluding carboxylic acids is 2. The normalized spacial score (nSPS) is 24.9. The molecule has 2 amide bonds. The number of hydrogen-bond donors (Lipinski definition) is 1. The Morgan fingerprint density at radius 2 is 1.66 bits per heavy atom. The number of carbonyl (C=O) groups is 2. The number of likely N-dealkylation sites (tertiary alicyclic amines) is 1. The number of halogens is 1. The molecule has 0 unspecified atom stereocenters. The molecule has 3 rings (SSSR count). The average molecular weight is 405 g/mol. The number of piperazine rings is 1. The van der Waals surface area contributed by atoms with Crippen LogP contribution in [0.15, 0.2) is 24.3 Å². The van der Waals surface area contributed by atoms with E-state index in [4.69, 9.17) is 0 Å². The highest BCUT2D eigenvalue weighted by Crippen LogP contribution is 2.24. The van der Waals surface area contributed by atoms with Gasteiger partial charge in [-0.2, -0.15) is 0 Å². The first-order valence-corrected chi connectivity index (χ1v) is 10.7. The predicted molar refractivity (Wildman–Crippen MR) is 112 cm³/mol. The van der Waals surface area contributed by atoms with Crippen LogP contribution >= 0.6 is 0 Å². The van der Waals surface area contributed by atoms with Crippen molar-refractivity contribution < 1.29 is 14.0 Å². The van der Waals surface area contributed by atoms with Crippen molar-refractivity contribution in [3.8, 4) is 0 Å². The van der Waals surface area contributed by atoms with Gasteiger partial charge in [0.1, 0.15) is 5.82 Å². The van der Waals surface area contributed by atoms with Crippen molar-refractivity contribution in [2.75, 3.05) is 38.0 Å². The minimum Gasteiger partial charge on any atom is -0.336 e. The van der Waals surface area contributed by atoms with E-state index < -0.39 is 0 Å². The molecule has 0 aliphatic carbocycles. The largest absolute Gasteiger partial charge is 0.336 e. The molecule has 2 saturated heterocycles. The molecule has 0 spiro atoms. The fourth-order valence-electron chi connectivity index (χ4n) is 4.47. The van der Waals surface area contributed by atoms with E-state index in [1.807, 2.05) is 6.92 Å². The molecule has 1 aromatic carbocycles. The van der Waals surface area contributed by atoms with Gasteiger partial charge < -0.3 is 10.2 Å². The Morgan fingerprint density at radius 1 is 1.07 bits per heavy atom. The summed E-state index contributed by atoms with van der Waals surface area (Å²) in [5.41, 5.74) is 0.596. The highest BCUT2D eigenvalue weighted by atomic mass is 19.1. The van der Waals surface area contributed by atoms with Crippen molar-refractivity contribution in [3.05, 3.63) is 30.1 Å². The number of piperidine rings is 1. The molecule has 2 aliphatic heterocycles. The van der Waals surface area contributed by atoms with Gasteiger partial charge >= 0.3 is 0 Å². The highest BCUT2D eigenvalue weighted by Gasteiger charge is 2.35. The minimum atomic E-state index is -0.323. The molecule has 2 heterocycles. The molecule has 160 valence electrons. The summed E-state index contributed by atoms with van der Waals surface area (Å²) in [4.78, 5) is 31.7. The molecule has 1 N–H and O–H groups in total. The predicted octanol–water partition coefficient (Wildman–Crippen LogP) is 2.56. The number of nitrogens with zero attached hydrogens (tertiary/aromatic N) is 3. The zero-order chi connectivity index (χ0) is 21.0. The third kappa shape index (κ3) is 5.54. The van der Waals surface area contributed by atoms with E-state index >= 15 is 0 Å². The SMILES string of the molecule is C[C@H](C(=O)N1[C@H](C)CCC[C@H]1C)N1CCN(CC(=O)Nc2ccc(F)cc2)CC1. The second-order valence-corrected chi connectivity index (χ2v) is 8.42. The Balaban J connectivity index is 1.46. The maximum Gasteiger partial charge on any atom is 0.240 e. The Morgan fingerprint density at radius 3 is 2.24 bits per heavy atom. The molecule has 0 radical (unpaired) electrons. The summed E-state index contributed by atoms with van der Waals surface area (Å²) in [6.45, 7) is 9.65. The van der Waals surface area contributed by atoms with E-state index in [9.17, 15) is 14.0 Å². The molecule has 1 aromatic rings. The van der Waals surface area contributed by atoms with Gasteiger partial charge in [-0.1, -0.05) is 0 Å². The van der Waals surface area contributed by atoms with E-state index in [1.54, 1.807) is 12.1 Å². The third-order valence-electron chi connectivity index (χ3n) is 6.26. The summed E-state index contributed by atoms with van der Waals surface area (Å²) in [5, 5.41) is 2.80. The van der Waals surface area contributed by atoms with Crippen LogP contribution in [-0.4, -0.2) is 77.4 Å². The fourth-order valence-corrected chi connectivity index (χ4v) is 4.47. The Labute approximate surface area is 173 Å². The van der Waals surface area contributed by atoms with Crippen LogP contribution in [0.25, 0.3) is 0 Å². The summed E-state index contributed by atoms with van der Waals surface area (Å²) < 4.78 is 13.0. The zero-order valence-electron chi connectivity index (χ0n) is 17.7. The van der Waals surface area contributed by atoms with Crippen LogP contribution in [0.2, 0.25) is 0 Å². The number of rotatable bonds is 5. The van der Waals surface area contributed by atoms with Gasteiger partial charge in [-0.3, -0.25) is 19.4 Å². The fraction of sp³-hybridized carbons (Fsp3) is 0.636. The summed E-state index contributed by atoms with van der Waals surface area (Å²) in [6, 6.07) is 6.26. The molecule has 0 bridgehead atoms. The van der Waals surface area contributed by atoms with Crippen LogP contribution in [0.1, 0.15) is 40.0 Å². The van der Waals surface area contributed by atoms with Crippen LogP contribution in [0.3, 0.4) is 0 Å². The van der Waals surface area contributed by atoms with E-state index in [0.29, 0.717) is 24.3 Å². The number of anilines is 1. The number of nitrogens with one attached hydrogen (secondary N) is 1. The first-order valence-electron chi connectivity index (χ1n) is 10.7. The molecule has 7 heteroatoms. The lowest BCUT2D eigenvalue weighted by Gasteiger charge is -2.44. The second-order valence-electron chi connectivity index (χ2n) is 8.42. The van der Waals surface area contributed by atoms with Gasteiger partial charge in [0, 0.05) is 44.0 Å². The third-order valence-corrected chi connectivity index (χ3v) is 6.26. The van der Waals surface area contributed by atoms with Gasteiger partial charge in [0.15, 0.2) is 0 Å². The van der Waals surface area contributed by atoms with Gasteiger partial charge in [-0.15, -0.1) is 0 Å². The van der Waals surface area contributed by atoms with Crippen molar-refractivity contribution in [3.63, 3.8) is 0 Å². The monoisotopic (exact) mass is 404 g/mol. The van der Waals surface area contributed by atoms with Crippen molar-refractivity contribution in [2.45, 2.75) is 58.2 Å². The summed E-state index contributed by atoms with van der Waals surface area (Å²) >= 11 is 0. The smallest absolute Gasteiger partial charge is 0.240 e. The highest BCUT2D eigenvalue weighted by molar-refractivity contribution is 5.92. The zero-order valence-corrected chi connectivity index (χ0v) is 17.7. The first kappa shape index (κ1) is 21.7. The maximum atomic E-state index is 13.1. The van der Waals surface area contributed by atoms with Crippen LogP contribution < -0.4 is 5.32 Å². The lowest BCUT2D eigenvalue weighted by molar-refractivity contribution is -0.143. The number of benzene rings is 1. The molecule has 29 heavy (non-hydrogen) atoms. The van der Waals surface area contributed by atoms with Crippen LogP contribution in [0.5, 0.6) is 0 Å². The Hall–Kier alpha value is -1.99. The van der Waals surface area contributed by atoms with Crippen LogP contribution in [0, 0.1) is 5.82 Å². The van der Waals surface area contributed by atoms with Gasteiger partial charge in [0.25, 0.3) is 0 Å². The minimum absolute atomic E-state index is 0.106. The number of amides is 2. The molecular formula is C22H33FN4O2. The lowest BCUT2D eigenvalue weighted by atomic mass is 9.96. The topological polar surface area (TPSA) is 55.9 Å². The van der Waals surface area contributed by atoms with Crippen molar-refractivity contribution in [1.82, 2.24) is 14.7 Å². The summed E-state index contributed by atoms with van der Waals surface area (Å²) in [5.74, 6) is -0.200. The Kier molecular flexibility index (Phi) is 7.24. The van der Waals surface area contributed by atoms with Crippen molar-refractivity contribution in [1.29, 1.82) is 0 Å². The molecule has 2 fully saturated rings. The lowest BCUT2D eigenvalue weighted by Crippen LogP contribution is -2.58. The average Bonchev–Trinajstić information content (AvgIpc) is 2.69. The van der Waals surface area contributed by atoms with E-state index in [1.165, 1.54) is 18.6 Å². The molecular weight excluding hydrogens is 371 g/mol. The number of hydrogen-bond acceptors (Lipinski definition) is 4. The molecule has 2 aliphatic rings. The van der Waals surface area contributed by atoms with Gasteiger partial charge in [-0.25, -0.2) is 4.39 Å². The van der Waals surface area contributed by atoms with Crippen LogP contribution in [0.4, 0.5) is 10.1 Å². The summed E-state index contributed by atoms with van der Waals surface area (Å²) in [7, 11) is 0. The summed E-state index contributed by atoms with van der Waals surface area (Å²) in [6.07, 6.45) is 3.36. The second kappa shape index (κ2) is 9.67. The maximum absolute atomic E-state index is 13.1. The molecule has 0 aromatic heterocycles. The standard InChI is InChI=1S/C22H33FN4O2/c1-16-5-4-6-17(2)27(16)22(29)18(3)26-13-11-25(12-14-26)15-21(28)24-20-9-7-19(23)8-10-20/h7-10,16-18H,4-6,11-15H2,1-3H3,(H,24,28)/t16-,17-,18-/m1/s1. The van der Waals surface area contributed by atoms with Crippen molar-refractivity contribution >= 4 is 17.5 Å².